The Morgan fingerprint density at radius 1 is 0.957 bits per heavy atom. The van der Waals surface area contributed by atoms with Crippen molar-refractivity contribution in [3.05, 3.63) is 84.2 Å². The van der Waals surface area contributed by atoms with Crippen molar-refractivity contribution in [2.75, 3.05) is 5.32 Å². The first-order valence-electron chi connectivity index (χ1n) is 7.28. The second-order valence-electron chi connectivity index (χ2n) is 5.09. The minimum Gasteiger partial charge on any atom is -0.457 e. The summed E-state index contributed by atoms with van der Waals surface area (Å²) in [5, 5.41) is 2.84. The lowest BCUT2D eigenvalue weighted by atomic mass is 10.2. The molecular weight excluding hydrogens is 288 g/mol. The van der Waals surface area contributed by atoms with Crippen LogP contribution in [0.1, 0.15) is 16.1 Å². The van der Waals surface area contributed by atoms with Crippen LogP contribution in [0.3, 0.4) is 0 Å². The third-order valence-corrected chi connectivity index (χ3v) is 3.24. The zero-order valence-electron chi connectivity index (χ0n) is 12.7. The fourth-order valence-electron chi connectivity index (χ4n) is 2.07. The van der Waals surface area contributed by atoms with Gasteiger partial charge in [-0.25, -0.2) is 0 Å². The van der Waals surface area contributed by atoms with Gasteiger partial charge in [-0.15, -0.1) is 0 Å². The minimum absolute atomic E-state index is 0.200. The van der Waals surface area contributed by atoms with E-state index in [1.807, 2.05) is 61.5 Å². The SMILES string of the molecule is Cc1ccc(C(=O)Nc2cccc(Oc3ccccc3)c2)cn1. The van der Waals surface area contributed by atoms with E-state index in [4.69, 9.17) is 4.74 Å². The van der Waals surface area contributed by atoms with Gasteiger partial charge in [-0.05, 0) is 43.3 Å². The highest BCUT2D eigenvalue weighted by atomic mass is 16.5. The number of para-hydroxylation sites is 1. The molecule has 3 rings (SSSR count). The first kappa shape index (κ1) is 14.8. The van der Waals surface area contributed by atoms with Gasteiger partial charge in [0.15, 0.2) is 0 Å². The zero-order chi connectivity index (χ0) is 16.1. The molecule has 0 aliphatic rings. The Bertz CT molecular complexity index is 799. The highest BCUT2D eigenvalue weighted by Gasteiger charge is 2.07. The Morgan fingerprint density at radius 2 is 1.74 bits per heavy atom. The molecule has 1 aromatic heterocycles. The Morgan fingerprint density at radius 3 is 2.48 bits per heavy atom. The normalized spacial score (nSPS) is 10.1. The number of pyridine rings is 1. The van der Waals surface area contributed by atoms with Gasteiger partial charge in [0.05, 0.1) is 5.56 Å². The standard InChI is InChI=1S/C19H16N2O2/c1-14-10-11-15(13-20-14)19(22)21-16-6-5-9-18(12-16)23-17-7-3-2-4-8-17/h2-13H,1H3,(H,21,22). The van der Waals surface area contributed by atoms with Crippen molar-refractivity contribution in [3.8, 4) is 11.5 Å². The lowest BCUT2D eigenvalue weighted by molar-refractivity contribution is 0.102. The smallest absolute Gasteiger partial charge is 0.257 e. The fraction of sp³-hybridized carbons (Fsp3) is 0.0526. The number of rotatable bonds is 4. The van der Waals surface area contributed by atoms with Crippen LogP contribution < -0.4 is 10.1 Å². The van der Waals surface area contributed by atoms with Crippen molar-refractivity contribution in [1.82, 2.24) is 4.98 Å². The van der Waals surface area contributed by atoms with Gasteiger partial charge in [0.1, 0.15) is 11.5 Å². The molecule has 0 unspecified atom stereocenters. The summed E-state index contributed by atoms with van der Waals surface area (Å²) in [6, 6.07) is 20.3. The minimum atomic E-state index is -0.200. The van der Waals surface area contributed by atoms with Crippen molar-refractivity contribution >= 4 is 11.6 Å². The van der Waals surface area contributed by atoms with E-state index in [1.165, 1.54) is 0 Å². The molecule has 0 fully saturated rings. The average Bonchev–Trinajstić information content (AvgIpc) is 2.57. The van der Waals surface area contributed by atoms with Gasteiger partial charge in [0.25, 0.3) is 5.91 Å². The summed E-state index contributed by atoms with van der Waals surface area (Å²) in [5.74, 6) is 1.21. The van der Waals surface area contributed by atoms with Crippen molar-refractivity contribution in [3.63, 3.8) is 0 Å². The lowest BCUT2D eigenvalue weighted by Crippen LogP contribution is -2.12. The van der Waals surface area contributed by atoms with E-state index in [2.05, 4.69) is 10.3 Å². The summed E-state index contributed by atoms with van der Waals surface area (Å²) in [4.78, 5) is 16.3. The van der Waals surface area contributed by atoms with E-state index in [0.29, 0.717) is 17.0 Å². The second kappa shape index (κ2) is 6.75. The average molecular weight is 304 g/mol. The van der Waals surface area contributed by atoms with Crippen molar-refractivity contribution < 1.29 is 9.53 Å². The van der Waals surface area contributed by atoms with Gasteiger partial charge in [-0.3, -0.25) is 9.78 Å². The predicted molar refractivity (Wildman–Crippen MR) is 89.9 cm³/mol. The molecular formula is C19H16N2O2. The maximum absolute atomic E-state index is 12.2. The summed E-state index contributed by atoms with van der Waals surface area (Å²) in [7, 11) is 0. The number of carbonyl (C=O) groups excluding carboxylic acids is 1. The summed E-state index contributed by atoms with van der Waals surface area (Å²) in [5.41, 5.74) is 2.06. The number of amides is 1. The number of aryl methyl sites for hydroxylation is 1. The number of carbonyl (C=O) groups is 1. The summed E-state index contributed by atoms with van der Waals surface area (Å²) >= 11 is 0. The summed E-state index contributed by atoms with van der Waals surface area (Å²) < 4.78 is 5.76. The number of hydrogen-bond acceptors (Lipinski definition) is 3. The molecule has 0 aliphatic heterocycles. The molecule has 0 saturated heterocycles. The van der Waals surface area contributed by atoms with E-state index in [0.717, 1.165) is 11.4 Å². The van der Waals surface area contributed by atoms with Gasteiger partial charge in [-0.1, -0.05) is 24.3 Å². The van der Waals surface area contributed by atoms with Crippen LogP contribution in [0.5, 0.6) is 11.5 Å². The third-order valence-electron chi connectivity index (χ3n) is 3.24. The molecule has 0 atom stereocenters. The van der Waals surface area contributed by atoms with Gasteiger partial charge in [0.2, 0.25) is 0 Å². The van der Waals surface area contributed by atoms with E-state index in [9.17, 15) is 4.79 Å². The molecule has 2 aromatic carbocycles. The maximum Gasteiger partial charge on any atom is 0.257 e. The van der Waals surface area contributed by atoms with Crippen LogP contribution in [0.15, 0.2) is 72.9 Å². The molecule has 0 radical (unpaired) electrons. The molecule has 1 amide bonds. The van der Waals surface area contributed by atoms with Crippen LogP contribution in [0.2, 0.25) is 0 Å². The molecule has 1 N–H and O–H groups in total. The van der Waals surface area contributed by atoms with E-state index in [-0.39, 0.29) is 5.91 Å². The largest absolute Gasteiger partial charge is 0.457 e. The number of nitrogens with one attached hydrogen (secondary N) is 1. The van der Waals surface area contributed by atoms with Crippen LogP contribution >= 0.6 is 0 Å². The Balaban J connectivity index is 1.72. The van der Waals surface area contributed by atoms with Crippen LogP contribution in [0.4, 0.5) is 5.69 Å². The van der Waals surface area contributed by atoms with E-state index in [1.54, 1.807) is 18.3 Å². The molecule has 4 heteroatoms. The molecule has 4 nitrogen and oxygen atoms in total. The molecule has 0 aliphatic carbocycles. The van der Waals surface area contributed by atoms with Crippen molar-refractivity contribution in [1.29, 1.82) is 0 Å². The molecule has 0 spiro atoms. The number of anilines is 1. The third kappa shape index (κ3) is 3.95. The molecule has 1 heterocycles. The van der Waals surface area contributed by atoms with Crippen LogP contribution in [0, 0.1) is 6.92 Å². The molecule has 0 bridgehead atoms. The first-order valence-corrected chi connectivity index (χ1v) is 7.28. The molecule has 0 saturated carbocycles. The fourth-order valence-corrected chi connectivity index (χ4v) is 2.07. The van der Waals surface area contributed by atoms with Gasteiger partial charge < -0.3 is 10.1 Å². The predicted octanol–water partition coefficient (Wildman–Crippen LogP) is 4.43. The molecule has 23 heavy (non-hydrogen) atoms. The number of benzene rings is 2. The van der Waals surface area contributed by atoms with Crippen LogP contribution in [-0.4, -0.2) is 10.9 Å². The lowest BCUT2D eigenvalue weighted by Gasteiger charge is -2.09. The summed E-state index contributed by atoms with van der Waals surface area (Å²) in [6.45, 7) is 1.88. The molecule has 3 aromatic rings. The van der Waals surface area contributed by atoms with Crippen molar-refractivity contribution in [2.24, 2.45) is 0 Å². The first-order chi connectivity index (χ1) is 11.2. The Labute approximate surface area is 134 Å². The van der Waals surface area contributed by atoms with E-state index >= 15 is 0 Å². The number of hydrogen-bond donors (Lipinski definition) is 1. The van der Waals surface area contributed by atoms with E-state index < -0.39 is 0 Å². The Hall–Kier alpha value is -3.14. The van der Waals surface area contributed by atoms with Gasteiger partial charge in [0, 0.05) is 23.6 Å². The summed E-state index contributed by atoms with van der Waals surface area (Å²) in [6.07, 6.45) is 1.56. The zero-order valence-corrected chi connectivity index (χ0v) is 12.7. The highest BCUT2D eigenvalue weighted by molar-refractivity contribution is 6.04. The second-order valence-corrected chi connectivity index (χ2v) is 5.09. The van der Waals surface area contributed by atoms with Gasteiger partial charge in [-0.2, -0.15) is 0 Å². The quantitative estimate of drug-likeness (QED) is 0.775. The number of ether oxygens (including phenoxy) is 1. The highest BCUT2D eigenvalue weighted by Crippen LogP contribution is 2.24. The van der Waals surface area contributed by atoms with Gasteiger partial charge >= 0.3 is 0 Å². The van der Waals surface area contributed by atoms with Crippen molar-refractivity contribution in [2.45, 2.75) is 6.92 Å². The monoisotopic (exact) mass is 304 g/mol. The number of nitrogens with zero attached hydrogens (tertiary/aromatic N) is 1. The number of aromatic nitrogens is 1. The Kier molecular flexibility index (Phi) is 4.34. The maximum atomic E-state index is 12.2. The molecule has 114 valence electrons. The van der Waals surface area contributed by atoms with Crippen LogP contribution in [0.25, 0.3) is 0 Å². The van der Waals surface area contributed by atoms with Crippen LogP contribution in [-0.2, 0) is 0 Å². The topological polar surface area (TPSA) is 51.2 Å².